The Morgan fingerprint density at radius 1 is 1.24 bits per heavy atom. The van der Waals surface area contributed by atoms with E-state index in [2.05, 4.69) is 5.32 Å². The molecule has 0 heterocycles. The largest absolute Gasteiger partial charge is 0.352 e. The van der Waals surface area contributed by atoms with Crippen molar-refractivity contribution >= 4 is 21.6 Å². The molecule has 0 saturated carbocycles. The molecule has 1 atom stereocenters. The highest BCUT2D eigenvalue weighted by Crippen LogP contribution is 2.18. The van der Waals surface area contributed by atoms with Crippen LogP contribution in [0.3, 0.4) is 0 Å². The number of anilines is 1. The molecule has 1 amide bonds. The second kappa shape index (κ2) is 7.45. The Morgan fingerprint density at radius 2 is 1.81 bits per heavy atom. The van der Waals surface area contributed by atoms with E-state index in [1.54, 1.807) is 12.1 Å². The second-order valence-corrected chi connectivity index (χ2v) is 7.07. The molecular formula is C15H24N2O3S. The molecule has 0 saturated heterocycles. The van der Waals surface area contributed by atoms with Gasteiger partial charge in [-0.15, -0.1) is 0 Å². The first-order valence-electron chi connectivity index (χ1n) is 7.14. The van der Waals surface area contributed by atoms with Crippen LogP contribution < -0.4 is 9.62 Å². The van der Waals surface area contributed by atoms with Gasteiger partial charge in [0.2, 0.25) is 15.9 Å². The lowest BCUT2D eigenvalue weighted by Gasteiger charge is -2.23. The summed E-state index contributed by atoms with van der Waals surface area (Å²) in [7, 11) is -3.50. The minimum absolute atomic E-state index is 0.0291. The maximum atomic E-state index is 11.9. The molecule has 1 rings (SSSR count). The monoisotopic (exact) mass is 312 g/mol. The standard InChI is InChI=1S/C15H24N2O3S/c1-5-12(3)16-15(18)11-17(21(4,19)20)14-9-7-13(6-2)8-10-14/h7-10,12H,5-6,11H2,1-4H3,(H,16,18)/t12-/m0/s1. The van der Waals surface area contributed by atoms with Crippen LogP contribution in [0, 0.1) is 0 Å². The van der Waals surface area contributed by atoms with Gasteiger partial charge in [-0.25, -0.2) is 8.42 Å². The molecule has 0 fully saturated rings. The highest BCUT2D eigenvalue weighted by molar-refractivity contribution is 7.92. The van der Waals surface area contributed by atoms with Crippen LogP contribution in [-0.2, 0) is 21.2 Å². The topological polar surface area (TPSA) is 66.5 Å². The van der Waals surface area contributed by atoms with Crippen molar-refractivity contribution in [3.8, 4) is 0 Å². The van der Waals surface area contributed by atoms with Crippen LogP contribution in [0.5, 0.6) is 0 Å². The molecule has 1 aromatic carbocycles. The zero-order valence-electron chi connectivity index (χ0n) is 13.1. The highest BCUT2D eigenvalue weighted by atomic mass is 32.2. The van der Waals surface area contributed by atoms with E-state index in [1.807, 2.05) is 32.9 Å². The summed E-state index contributed by atoms with van der Waals surface area (Å²) in [6.07, 6.45) is 2.79. The van der Waals surface area contributed by atoms with Gasteiger partial charge in [0.1, 0.15) is 6.54 Å². The third-order valence-electron chi connectivity index (χ3n) is 3.34. The zero-order valence-corrected chi connectivity index (χ0v) is 13.9. The average molecular weight is 312 g/mol. The zero-order chi connectivity index (χ0) is 16.0. The van der Waals surface area contributed by atoms with Crippen molar-refractivity contribution in [2.75, 3.05) is 17.1 Å². The van der Waals surface area contributed by atoms with E-state index in [0.717, 1.165) is 29.0 Å². The molecule has 118 valence electrons. The molecular weight excluding hydrogens is 288 g/mol. The first kappa shape index (κ1) is 17.5. The summed E-state index contributed by atoms with van der Waals surface area (Å²) in [5.41, 5.74) is 1.63. The maximum absolute atomic E-state index is 11.9. The molecule has 0 aliphatic heterocycles. The summed E-state index contributed by atoms with van der Waals surface area (Å²) in [5, 5.41) is 2.78. The molecule has 0 spiro atoms. The number of carbonyl (C=O) groups excluding carboxylic acids is 1. The molecule has 0 unspecified atom stereocenters. The Kier molecular flexibility index (Phi) is 6.20. The van der Waals surface area contributed by atoms with Crippen LogP contribution >= 0.6 is 0 Å². The number of aryl methyl sites for hydroxylation is 1. The fourth-order valence-electron chi connectivity index (χ4n) is 1.85. The first-order valence-corrected chi connectivity index (χ1v) is 8.98. The van der Waals surface area contributed by atoms with Gasteiger partial charge < -0.3 is 5.32 Å². The molecule has 6 heteroatoms. The minimum atomic E-state index is -3.50. The van der Waals surface area contributed by atoms with Crippen molar-refractivity contribution in [3.05, 3.63) is 29.8 Å². The average Bonchev–Trinajstić information content (AvgIpc) is 2.43. The summed E-state index contributed by atoms with van der Waals surface area (Å²) < 4.78 is 25.0. The Hall–Kier alpha value is -1.56. The van der Waals surface area contributed by atoms with Gasteiger partial charge in [0.05, 0.1) is 11.9 Å². The van der Waals surface area contributed by atoms with Crippen molar-refractivity contribution in [2.45, 2.75) is 39.7 Å². The Labute approximate surface area is 127 Å². The number of amides is 1. The Morgan fingerprint density at radius 3 is 2.24 bits per heavy atom. The van der Waals surface area contributed by atoms with E-state index in [4.69, 9.17) is 0 Å². The fourth-order valence-corrected chi connectivity index (χ4v) is 2.71. The first-order chi connectivity index (χ1) is 9.77. The van der Waals surface area contributed by atoms with Crippen molar-refractivity contribution in [1.29, 1.82) is 0 Å². The predicted octanol–water partition coefficient (Wildman–Crippen LogP) is 1.93. The minimum Gasteiger partial charge on any atom is -0.352 e. The molecule has 21 heavy (non-hydrogen) atoms. The number of rotatable bonds is 7. The van der Waals surface area contributed by atoms with Gasteiger partial charge in [-0.1, -0.05) is 26.0 Å². The second-order valence-electron chi connectivity index (χ2n) is 5.17. The van der Waals surface area contributed by atoms with Gasteiger partial charge >= 0.3 is 0 Å². The summed E-state index contributed by atoms with van der Waals surface area (Å²) in [6.45, 7) is 5.68. The maximum Gasteiger partial charge on any atom is 0.240 e. The summed E-state index contributed by atoms with van der Waals surface area (Å²) in [5.74, 6) is -0.297. The lowest BCUT2D eigenvalue weighted by atomic mass is 10.1. The quantitative estimate of drug-likeness (QED) is 0.836. The number of nitrogens with zero attached hydrogens (tertiary/aromatic N) is 1. The highest BCUT2D eigenvalue weighted by Gasteiger charge is 2.21. The molecule has 1 N–H and O–H groups in total. The van der Waals surface area contributed by atoms with Crippen molar-refractivity contribution in [3.63, 3.8) is 0 Å². The number of benzene rings is 1. The summed E-state index contributed by atoms with van der Waals surface area (Å²) in [6, 6.07) is 7.24. The summed E-state index contributed by atoms with van der Waals surface area (Å²) >= 11 is 0. The van der Waals surface area contributed by atoms with Crippen LogP contribution in [0.15, 0.2) is 24.3 Å². The van der Waals surface area contributed by atoms with Gasteiger partial charge in [0, 0.05) is 6.04 Å². The van der Waals surface area contributed by atoms with E-state index in [0.29, 0.717) is 5.69 Å². The van der Waals surface area contributed by atoms with Gasteiger partial charge in [0.25, 0.3) is 0 Å². The Bertz CT molecular complexity index is 567. The SMILES string of the molecule is CCc1ccc(N(CC(=O)N[C@@H](C)CC)S(C)(=O)=O)cc1. The van der Waals surface area contributed by atoms with Crippen LogP contribution in [-0.4, -0.2) is 33.2 Å². The molecule has 0 bridgehead atoms. The number of hydrogen-bond acceptors (Lipinski definition) is 3. The summed E-state index contributed by atoms with van der Waals surface area (Å²) in [4.78, 5) is 11.9. The van der Waals surface area contributed by atoms with Crippen LogP contribution in [0.1, 0.15) is 32.8 Å². The van der Waals surface area contributed by atoms with Crippen molar-refractivity contribution in [2.24, 2.45) is 0 Å². The molecule has 5 nitrogen and oxygen atoms in total. The smallest absolute Gasteiger partial charge is 0.240 e. The van der Waals surface area contributed by atoms with Crippen LogP contribution in [0.2, 0.25) is 0 Å². The molecule has 0 aliphatic carbocycles. The number of sulfonamides is 1. The predicted molar refractivity (Wildman–Crippen MR) is 85.9 cm³/mol. The number of carbonyl (C=O) groups is 1. The van der Waals surface area contributed by atoms with E-state index in [-0.39, 0.29) is 18.5 Å². The van der Waals surface area contributed by atoms with Crippen LogP contribution in [0.4, 0.5) is 5.69 Å². The molecule has 0 aliphatic rings. The fraction of sp³-hybridized carbons (Fsp3) is 0.533. The van der Waals surface area contributed by atoms with Crippen LogP contribution in [0.25, 0.3) is 0 Å². The third kappa shape index (κ3) is 5.38. The van der Waals surface area contributed by atoms with Gasteiger partial charge in [0.15, 0.2) is 0 Å². The third-order valence-corrected chi connectivity index (χ3v) is 4.48. The van der Waals surface area contributed by atoms with E-state index in [1.165, 1.54) is 0 Å². The van der Waals surface area contributed by atoms with E-state index < -0.39 is 10.0 Å². The lowest BCUT2D eigenvalue weighted by Crippen LogP contribution is -2.43. The normalized spacial score (nSPS) is 12.8. The van der Waals surface area contributed by atoms with Gasteiger partial charge in [-0.3, -0.25) is 9.10 Å². The molecule has 1 aromatic rings. The molecule has 0 radical (unpaired) electrons. The Balaban J connectivity index is 2.93. The van der Waals surface area contributed by atoms with Gasteiger partial charge in [-0.05, 0) is 37.5 Å². The van der Waals surface area contributed by atoms with E-state index in [9.17, 15) is 13.2 Å². The molecule has 0 aromatic heterocycles. The van der Waals surface area contributed by atoms with Crippen molar-refractivity contribution in [1.82, 2.24) is 5.32 Å². The number of nitrogens with one attached hydrogen (secondary N) is 1. The van der Waals surface area contributed by atoms with Gasteiger partial charge in [-0.2, -0.15) is 0 Å². The number of hydrogen-bond donors (Lipinski definition) is 1. The van der Waals surface area contributed by atoms with Crippen molar-refractivity contribution < 1.29 is 13.2 Å². The lowest BCUT2D eigenvalue weighted by molar-refractivity contribution is -0.120. The van der Waals surface area contributed by atoms with E-state index >= 15 is 0 Å².